The van der Waals surface area contributed by atoms with Crippen LogP contribution in [0.4, 0.5) is 4.39 Å². The summed E-state index contributed by atoms with van der Waals surface area (Å²) >= 11 is 5.21. The third-order valence-electron chi connectivity index (χ3n) is 3.30. The zero-order chi connectivity index (χ0) is 15.5. The van der Waals surface area contributed by atoms with Crippen LogP contribution in [0.3, 0.4) is 0 Å². The van der Waals surface area contributed by atoms with E-state index >= 15 is 0 Å². The molecule has 1 unspecified atom stereocenters. The van der Waals surface area contributed by atoms with Crippen molar-refractivity contribution >= 4 is 27.3 Å². The summed E-state index contributed by atoms with van der Waals surface area (Å²) in [4.78, 5) is 1.27. The average molecular weight is 370 g/mol. The predicted molar refractivity (Wildman–Crippen MR) is 92.6 cm³/mol. The van der Waals surface area contributed by atoms with Crippen molar-refractivity contribution in [3.63, 3.8) is 0 Å². The predicted octanol–water partition coefficient (Wildman–Crippen LogP) is 5.36. The van der Waals surface area contributed by atoms with Gasteiger partial charge in [-0.15, -0.1) is 11.3 Å². The fourth-order valence-electron chi connectivity index (χ4n) is 2.23. The molecule has 0 spiro atoms. The maximum Gasteiger partial charge on any atom is 0.126 e. The first-order chi connectivity index (χ1) is 9.85. The maximum absolute atomic E-state index is 14.1. The molecule has 0 aliphatic heterocycles. The van der Waals surface area contributed by atoms with E-state index in [9.17, 15) is 4.39 Å². The molecule has 0 aliphatic carbocycles. The second kappa shape index (κ2) is 7.03. The van der Waals surface area contributed by atoms with Crippen molar-refractivity contribution in [2.75, 3.05) is 6.54 Å². The van der Waals surface area contributed by atoms with Gasteiger partial charge in [-0.3, -0.25) is 0 Å². The molecule has 2 aromatic rings. The topological polar surface area (TPSA) is 12.0 Å². The second-order valence-corrected chi connectivity index (χ2v) is 8.81. The summed E-state index contributed by atoms with van der Waals surface area (Å²) in [6.07, 6.45) is 0.847. The smallest absolute Gasteiger partial charge is 0.126 e. The molecule has 0 aliphatic rings. The highest BCUT2D eigenvalue weighted by Gasteiger charge is 2.19. The largest absolute Gasteiger partial charge is 0.311 e. The zero-order valence-corrected chi connectivity index (χ0v) is 15.0. The quantitative estimate of drug-likeness (QED) is 0.747. The van der Waals surface area contributed by atoms with Gasteiger partial charge in [-0.05, 0) is 66.9 Å². The van der Waals surface area contributed by atoms with Gasteiger partial charge in [0, 0.05) is 22.9 Å². The minimum Gasteiger partial charge on any atom is -0.311 e. The fourth-order valence-corrected chi connectivity index (χ4v) is 3.80. The second-order valence-electron chi connectivity index (χ2n) is 6.26. The fraction of sp³-hybridized carbons (Fsp3) is 0.412. The van der Waals surface area contributed by atoms with E-state index in [1.54, 1.807) is 23.5 Å². The molecule has 1 N–H and O–H groups in total. The molecule has 1 atom stereocenters. The summed E-state index contributed by atoms with van der Waals surface area (Å²) in [5, 5.41) is 3.50. The third-order valence-corrected chi connectivity index (χ3v) is 4.95. The Balaban J connectivity index is 2.19. The monoisotopic (exact) mass is 369 g/mol. The Bertz CT molecular complexity index is 588. The summed E-state index contributed by atoms with van der Waals surface area (Å²) in [6.45, 7) is 7.16. The average Bonchev–Trinajstić information content (AvgIpc) is 2.80. The highest BCUT2D eigenvalue weighted by molar-refractivity contribution is 9.11. The van der Waals surface area contributed by atoms with Crippen molar-refractivity contribution in [2.24, 2.45) is 0 Å². The van der Waals surface area contributed by atoms with Crippen LogP contribution in [0.2, 0.25) is 0 Å². The Labute approximate surface area is 138 Å². The van der Waals surface area contributed by atoms with Crippen molar-refractivity contribution in [2.45, 2.75) is 38.6 Å². The minimum absolute atomic E-state index is 0.0273. The van der Waals surface area contributed by atoms with Gasteiger partial charge in [0.15, 0.2) is 0 Å². The molecule has 0 bridgehead atoms. The van der Waals surface area contributed by atoms with E-state index in [0.29, 0.717) is 0 Å². The summed E-state index contributed by atoms with van der Waals surface area (Å²) in [6, 6.07) is 11.3. The van der Waals surface area contributed by atoms with Gasteiger partial charge < -0.3 is 5.32 Å². The first-order valence-corrected chi connectivity index (χ1v) is 8.70. The van der Waals surface area contributed by atoms with Crippen LogP contribution < -0.4 is 5.32 Å². The lowest BCUT2D eigenvalue weighted by molar-refractivity contribution is 0.401. The van der Waals surface area contributed by atoms with Crippen molar-refractivity contribution in [3.05, 3.63) is 56.4 Å². The SMILES string of the molecule is CC(C)(C)NCC(Cc1ccc(Br)s1)c1ccccc1F. The van der Waals surface area contributed by atoms with Gasteiger partial charge in [-0.2, -0.15) is 0 Å². The van der Waals surface area contributed by atoms with Crippen molar-refractivity contribution in [1.29, 1.82) is 0 Å². The van der Waals surface area contributed by atoms with Gasteiger partial charge in [0.25, 0.3) is 0 Å². The minimum atomic E-state index is -0.117. The molecular weight excluding hydrogens is 349 g/mol. The molecule has 2 rings (SSSR count). The van der Waals surface area contributed by atoms with Crippen LogP contribution in [0.1, 0.15) is 37.1 Å². The van der Waals surface area contributed by atoms with Crippen LogP contribution in [0.25, 0.3) is 0 Å². The number of benzene rings is 1. The Morgan fingerprint density at radius 1 is 1.19 bits per heavy atom. The Hall–Kier alpha value is -0.710. The molecule has 0 radical (unpaired) electrons. The van der Waals surface area contributed by atoms with Gasteiger partial charge in [0.05, 0.1) is 3.79 Å². The van der Waals surface area contributed by atoms with Crippen LogP contribution in [0.15, 0.2) is 40.2 Å². The number of rotatable bonds is 5. The van der Waals surface area contributed by atoms with E-state index in [2.05, 4.69) is 54.2 Å². The number of thiophene rings is 1. The van der Waals surface area contributed by atoms with Gasteiger partial charge in [0.1, 0.15) is 5.82 Å². The summed E-state index contributed by atoms with van der Waals surface area (Å²) in [5.74, 6) is 0.0183. The first kappa shape index (κ1) is 16.7. The number of hydrogen-bond donors (Lipinski definition) is 1. The van der Waals surface area contributed by atoms with E-state index in [1.165, 1.54) is 4.88 Å². The molecule has 21 heavy (non-hydrogen) atoms. The third kappa shape index (κ3) is 5.20. The van der Waals surface area contributed by atoms with E-state index in [-0.39, 0.29) is 17.3 Å². The Kier molecular flexibility index (Phi) is 5.58. The highest BCUT2D eigenvalue weighted by atomic mass is 79.9. The highest BCUT2D eigenvalue weighted by Crippen LogP contribution is 2.29. The maximum atomic E-state index is 14.1. The van der Waals surface area contributed by atoms with Crippen molar-refractivity contribution in [3.8, 4) is 0 Å². The molecule has 1 aromatic heterocycles. The van der Waals surface area contributed by atoms with E-state index in [0.717, 1.165) is 22.3 Å². The molecule has 4 heteroatoms. The summed E-state index contributed by atoms with van der Waals surface area (Å²) in [7, 11) is 0. The van der Waals surface area contributed by atoms with E-state index in [1.807, 2.05) is 12.1 Å². The Morgan fingerprint density at radius 3 is 2.48 bits per heavy atom. The van der Waals surface area contributed by atoms with Crippen LogP contribution in [0, 0.1) is 5.82 Å². The standard InChI is InChI=1S/C17H21BrFNS/c1-17(2,3)20-11-12(10-13-8-9-16(18)21-13)14-6-4-5-7-15(14)19/h4-9,12,20H,10-11H2,1-3H3. The molecule has 0 saturated carbocycles. The van der Waals surface area contributed by atoms with Gasteiger partial charge in [0.2, 0.25) is 0 Å². The first-order valence-electron chi connectivity index (χ1n) is 7.09. The zero-order valence-electron chi connectivity index (χ0n) is 12.6. The molecule has 0 fully saturated rings. The molecule has 1 nitrogen and oxygen atoms in total. The lowest BCUT2D eigenvalue weighted by atomic mass is 9.93. The Morgan fingerprint density at radius 2 is 1.90 bits per heavy atom. The van der Waals surface area contributed by atoms with Crippen LogP contribution in [-0.4, -0.2) is 12.1 Å². The number of halogens is 2. The molecule has 1 aromatic carbocycles. The molecule has 1 heterocycles. The van der Waals surface area contributed by atoms with Crippen molar-refractivity contribution < 1.29 is 4.39 Å². The van der Waals surface area contributed by atoms with Crippen LogP contribution >= 0.6 is 27.3 Å². The molecule has 114 valence electrons. The lowest BCUT2D eigenvalue weighted by Crippen LogP contribution is -2.39. The summed E-state index contributed by atoms with van der Waals surface area (Å²) < 4.78 is 15.3. The number of nitrogens with one attached hydrogen (secondary N) is 1. The normalized spacial score (nSPS) is 13.4. The van der Waals surface area contributed by atoms with E-state index in [4.69, 9.17) is 0 Å². The molecule has 0 saturated heterocycles. The van der Waals surface area contributed by atoms with E-state index < -0.39 is 0 Å². The summed E-state index contributed by atoms with van der Waals surface area (Å²) in [5.41, 5.74) is 0.818. The van der Waals surface area contributed by atoms with Gasteiger partial charge >= 0.3 is 0 Å². The molecule has 0 amide bonds. The van der Waals surface area contributed by atoms with Gasteiger partial charge in [-0.25, -0.2) is 4.39 Å². The van der Waals surface area contributed by atoms with Crippen LogP contribution in [-0.2, 0) is 6.42 Å². The molecular formula is C17H21BrFNS. The lowest BCUT2D eigenvalue weighted by Gasteiger charge is -2.25. The van der Waals surface area contributed by atoms with Crippen LogP contribution in [0.5, 0.6) is 0 Å². The van der Waals surface area contributed by atoms with Crippen molar-refractivity contribution in [1.82, 2.24) is 5.32 Å². The van der Waals surface area contributed by atoms with Gasteiger partial charge in [-0.1, -0.05) is 18.2 Å². The number of hydrogen-bond acceptors (Lipinski definition) is 2.